The fourth-order valence-corrected chi connectivity index (χ4v) is 5.12. The van der Waals surface area contributed by atoms with E-state index in [9.17, 15) is 9.59 Å². The number of rotatable bonds is 5. The highest BCUT2D eigenvalue weighted by atomic mass is 32.2. The number of amides is 1. The van der Waals surface area contributed by atoms with Crippen molar-refractivity contribution in [1.29, 1.82) is 0 Å². The Morgan fingerprint density at radius 2 is 1.53 bits per heavy atom. The van der Waals surface area contributed by atoms with Crippen molar-refractivity contribution >= 4 is 34.3 Å². The van der Waals surface area contributed by atoms with Gasteiger partial charge in [-0.15, -0.1) is 0 Å². The Labute approximate surface area is 202 Å². The SMILES string of the molecule is Cc1ccc(N2CCN(C(=O)CSc3nc4ccccc4c(=O)n3-c3ccccc3)CC2)cc1. The number of para-hydroxylation sites is 2. The Morgan fingerprint density at radius 1 is 0.853 bits per heavy atom. The third kappa shape index (κ3) is 4.56. The standard InChI is InChI=1S/C27H26N4O2S/c1-20-11-13-21(14-12-20)29-15-17-30(18-16-29)25(32)19-34-27-28-24-10-6-5-9-23(24)26(33)31(27)22-7-3-2-4-8-22/h2-14H,15-19H2,1H3. The van der Waals surface area contributed by atoms with Crippen molar-refractivity contribution in [3.05, 3.63) is 94.8 Å². The molecule has 0 atom stereocenters. The summed E-state index contributed by atoms with van der Waals surface area (Å²) in [5, 5.41) is 1.09. The molecule has 6 nitrogen and oxygen atoms in total. The van der Waals surface area contributed by atoms with Crippen LogP contribution in [-0.2, 0) is 4.79 Å². The monoisotopic (exact) mass is 470 g/mol. The minimum atomic E-state index is -0.126. The molecule has 0 unspecified atom stereocenters. The van der Waals surface area contributed by atoms with Gasteiger partial charge in [-0.25, -0.2) is 4.98 Å². The second-order valence-corrected chi connectivity index (χ2v) is 9.32. The molecule has 1 saturated heterocycles. The number of aryl methyl sites for hydroxylation is 1. The van der Waals surface area contributed by atoms with Crippen LogP contribution >= 0.6 is 11.8 Å². The van der Waals surface area contributed by atoms with Gasteiger partial charge in [0.1, 0.15) is 0 Å². The quantitative estimate of drug-likeness (QED) is 0.324. The van der Waals surface area contributed by atoms with Gasteiger partial charge in [0.15, 0.2) is 5.16 Å². The number of anilines is 1. The van der Waals surface area contributed by atoms with E-state index in [-0.39, 0.29) is 17.2 Å². The molecule has 7 heteroatoms. The van der Waals surface area contributed by atoms with Crippen LogP contribution < -0.4 is 10.5 Å². The maximum Gasteiger partial charge on any atom is 0.266 e. The molecule has 34 heavy (non-hydrogen) atoms. The number of benzene rings is 3. The van der Waals surface area contributed by atoms with Crippen LogP contribution in [0, 0.1) is 6.92 Å². The van der Waals surface area contributed by atoms with E-state index in [1.807, 2.05) is 53.4 Å². The summed E-state index contributed by atoms with van der Waals surface area (Å²) in [4.78, 5) is 35.3. The summed E-state index contributed by atoms with van der Waals surface area (Å²) in [6, 6.07) is 25.3. The molecular weight excluding hydrogens is 444 g/mol. The van der Waals surface area contributed by atoms with E-state index in [1.54, 1.807) is 10.6 Å². The smallest absolute Gasteiger partial charge is 0.266 e. The topological polar surface area (TPSA) is 58.4 Å². The second-order valence-electron chi connectivity index (χ2n) is 8.38. The van der Waals surface area contributed by atoms with Crippen molar-refractivity contribution in [2.45, 2.75) is 12.1 Å². The summed E-state index contributed by atoms with van der Waals surface area (Å²) in [7, 11) is 0. The summed E-state index contributed by atoms with van der Waals surface area (Å²) in [6.07, 6.45) is 0. The first kappa shape index (κ1) is 22.2. The fraction of sp³-hybridized carbons (Fsp3) is 0.222. The Morgan fingerprint density at radius 3 is 2.26 bits per heavy atom. The zero-order chi connectivity index (χ0) is 23.5. The van der Waals surface area contributed by atoms with Gasteiger partial charge in [0.05, 0.1) is 22.3 Å². The first-order valence-electron chi connectivity index (χ1n) is 11.4. The molecule has 1 aliphatic rings. The summed E-state index contributed by atoms with van der Waals surface area (Å²) >= 11 is 1.32. The number of carbonyl (C=O) groups is 1. The van der Waals surface area contributed by atoms with Crippen molar-refractivity contribution < 1.29 is 4.79 Å². The van der Waals surface area contributed by atoms with Gasteiger partial charge in [-0.2, -0.15) is 0 Å². The molecule has 0 N–H and O–H groups in total. The number of carbonyl (C=O) groups excluding carboxylic acids is 1. The van der Waals surface area contributed by atoms with Crippen LogP contribution in [-0.4, -0.2) is 52.3 Å². The predicted octanol–water partition coefficient (Wildman–Crippen LogP) is 4.14. The molecule has 1 fully saturated rings. The number of hydrogen-bond acceptors (Lipinski definition) is 5. The molecule has 0 saturated carbocycles. The van der Waals surface area contributed by atoms with Crippen molar-refractivity contribution in [2.24, 2.45) is 0 Å². The van der Waals surface area contributed by atoms with Gasteiger partial charge in [0.2, 0.25) is 5.91 Å². The lowest BCUT2D eigenvalue weighted by Crippen LogP contribution is -2.49. The van der Waals surface area contributed by atoms with Crippen LogP contribution in [0.25, 0.3) is 16.6 Å². The molecule has 0 spiro atoms. The van der Waals surface area contributed by atoms with Crippen LogP contribution in [0.1, 0.15) is 5.56 Å². The van der Waals surface area contributed by atoms with E-state index in [0.717, 1.165) is 18.8 Å². The number of thioether (sulfide) groups is 1. The highest BCUT2D eigenvalue weighted by Crippen LogP contribution is 2.23. The van der Waals surface area contributed by atoms with Gasteiger partial charge in [0.25, 0.3) is 5.56 Å². The minimum absolute atomic E-state index is 0.0653. The molecular formula is C27H26N4O2S. The Bertz CT molecular complexity index is 1360. The maximum atomic E-state index is 13.3. The number of fused-ring (bicyclic) bond motifs is 1. The molecule has 0 aliphatic carbocycles. The van der Waals surface area contributed by atoms with Gasteiger partial charge in [0, 0.05) is 31.9 Å². The van der Waals surface area contributed by atoms with E-state index in [4.69, 9.17) is 4.98 Å². The minimum Gasteiger partial charge on any atom is -0.368 e. The van der Waals surface area contributed by atoms with E-state index < -0.39 is 0 Å². The molecule has 0 radical (unpaired) electrons. The van der Waals surface area contributed by atoms with Crippen LogP contribution in [0.15, 0.2) is 88.8 Å². The lowest BCUT2D eigenvalue weighted by molar-refractivity contribution is -0.128. The van der Waals surface area contributed by atoms with Crippen LogP contribution in [0.2, 0.25) is 0 Å². The van der Waals surface area contributed by atoms with Crippen molar-refractivity contribution in [3.8, 4) is 5.69 Å². The number of nitrogens with zero attached hydrogens (tertiary/aromatic N) is 4. The van der Waals surface area contributed by atoms with Crippen LogP contribution in [0.3, 0.4) is 0 Å². The third-order valence-electron chi connectivity index (χ3n) is 6.12. The predicted molar refractivity (Wildman–Crippen MR) is 138 cm³/mol. The Kier molecular flexibility index (Phi) is 6.36. The van der Waals surface area contributed by atoms with E-state index in [2.05, 4.69) is 36.1 Å². The zero-order valence-electron chi connectivity index (χ0n) is 19.1. The summed E-state index contributed by atoms with van der Waals surface area (Å²) in [6.45, 7) is 5.07. The maximum absolute atomic E-state index is 13.3. The van der Waals surface area contributed by atoms with Crippen molar-refractivity contribution in [1.82, 2.24) is 14.5 Å². The third-order valence-corrected chi connectivity index (χ3v) is 7.04. The normalized spacial score (nSPS) is 13.9. The van der Waals surface area contributed by atoms with Gasteiger partial charge in [-0.3, -0.25) is 14.2 Å². The van der Waals surface area contributed by atoms with E-state index in [1.165, 1.54) is 23.0 Å². The highest BCUT2D eigenvalue weighted by Gasteiger charge is 2.22. The lowest BCUT2D eigenvalue weighted by Gasteiger charge is -2.36. The fourth-order valence-electron chi connectivity index (χ4n) is 4.20. The summed E-state index contributed by atoms with van der Waals surface area (Å²) in [5.41, 5.74) is 3.69. The largest absolute Gasteiger partial charge is 0.368 e. The first-order chi connectivity index (χ1) is 16.6. The molecule has 5 rings (SSSR count). The van der Waals surface area contributed by atoms with Crippen molar-refractivity contribution in [2.75, 3.05) is 36.8 Å². The molecule has 172 valence electrons. The Balaban J connectivity index is 1.32. The van der Waals surface area contributed by atoms with E-state index in [0.29, 0.717) is 29.1 Å². The van der Waals surface area contributed by atoms with E-state index >= 15 is 0 Å². The lowest BCUT2D eigenvalue weighted by atomic mass is 10.2. The van der Waals surface area contributed by atoms with Crippen LogP contribution in [0.4, 0.5) is 5.69 Å². The highest BCUT2D eigenvalue weighted by molar-refractivity contribution is 7.99. The average Bonchev–Trinajstić information content (AvgIpc) is 2.88. The molecule has 1 aliphatic heterocycles. The van der Waals surface area contributed by atoms with Gasteiger partial charge in [-0.05, 0) is 43.3 Å². The number of hydrogen-bond donors (Lipinski definition) is 0. The van der Waals surface area contributed by atoms with Gasteiger partial charge in [-0.1, -0.05) is 59.8 Å². The number of aromatic nitrogens is 2. The average molecular weight is 471 g/mol. The first-order valence-corrected chi connectivity index (χ1v) is 12.4. The molecule has 1 amide bonds. The molecule has 3 aromatic carbocycles. The van der Waals surface area contributed by atoms with Crippen LogP contribution in [0.5, 0.6) is 0 Å². The molecule has 4 aromatic rings. The molecule has 1 aromatic heterocycles. The van der Waals surface area contributed by atoms with Gasteiger partial charge < -0.3 is 9.80 Å². The molecule has 0 bridgehead atoms. The Hall–Kier alpha value is -3.58. The zero-order valence-corrected chi connectivity index (χ0v) is 19.9. The van der Waals surface area contributed by atoms with Gasteiger partial charge >= 0.3 is 0 Å². The summed E-state index contributed by atoms with van der Waals surface area (Å²) in [5.74, 6) is 0.304. The second kappa shape index (κ2) is 9.73. The molecule has 2 heterocycles. The number of piperazine rings is 1. The summed E-state index contributed by atoms with van der Waals surface area (Å²) < 4.78 is 1.61. The van der Waals surface area contributed by atoms with Crippen molar-refractivity contribution in [3.63, 3.8) is 0 Å².